The van der Waals surface area contributed by atoms with Crippen LogP contribution in [-0.4, -0.2) is 10.2 Å². The molecule has 0 aliphatic rings. The van der Waals surface area contributed by atoms with E-state index in [1.807, 2.05) is 29.6 Å². The van der Waals surface area contributed by atoms with Gasteiger partial charge >= 0.3 is 0 Å². The third kappa shape index (κ3) is 3.68. The molecule has 0 saturated carbocycles. The first kappa shape index (κ1) is 15.7. The summed E-state index contributed by atoms with van der Waals surface area (Å²) >= 11 is 1.59. The third-order valence-corrected chi connectivity index (χ3v) is 4.78. The second-order valence-electron chi connectivity index (χ2n) is 5.61. The molecule has 0 aliphatic carbocycles. The van der Waals surface area contributed by atoms with Crippen molar-refractivity contribution in [2.24, 2.45) is 0 Å². The molecule has 0 radical (unpaired) electrons. The Hall–Kier alpha value is -2.76. The Morgan fingerprint density at radius 3 is 2.12 bits per heavy atom. The second-order valence-corrected chi connectivity index (χ2v) is 6.56. The van der Waals surface area contributed by atoms with Gasteiger partial charge in [0.15, 0.2) is 0 Å². The summed E-state index contributed by atoms with van der Waals surface area (Å²) in [6, 6.07) is 24.8. The fourth-order valence-corrected chi connectivity index (χ4v) is 3.38. The number of nitrogens with zero attached hydrogens (tertiary/aromatic N) is 2. The van der Waals surface area contributed by atoms with Crippen molar-refractivity contribution in [1.82, 2.24) is 15.5 Å². The summed E-state index contributed by atoms with van der Waals surface area (Å²) < 4.78 is 5.78. The zero-order chi connectivity index (χ0) is 16.9. The lowest BCUT2D eigenvalue weighted by Gasteiger charge is -2.18. The van der Waals surface area contributed by atoms with Crippen molar-refractivity contribution >= 4 is 11.3 Å². The third-order valence-electron chi connectivity index (χ3n) is 3.92. The highest BCUT2D eigenvalue weighted by atomic mass is 32.1. The van der Waals surface area contributed by atoms with Crippen LogP contribution in [0.25, 0.3) is 10.8 Å². The second kappa shape index (κ2) is 7.42. The highest BCUT2D eigenvalue weighted by molar-refractivity contribution is 7.13. The maximum Gasteiger partial charge on any atom is 0.257 e. The van der Waals surface area contributed by atoms with Gasteiger partial charge in [0.05, 0.1) is 17.5 Å². The lowest BCUT2D eigenvalue weighted by atomic mass is 9.99. The van der Waals surface area contributed by atoms with E-state index >= 15 is 0 Å². The number of hydrogen-bond acceptors (Lipinski definition) is 5. The first-order valence-electron chi connectivity index (χ1n) is 8.10. The molecule has 0 bridgehead atoms. The lowest BCUT2D eigenvalue weighted by Crippen LogP contribution is -2.22. The molecule has 2 heterocycles. The molecular formula is C20H17N3OS. The summed E-state index contributed by atoms with van der Waals surface area (Å²) in [5.74, 6) is 1.16. The van der Waals surface area contributed by atoms with Crippen molar-refractivity contribution in [2.75, 3.05) is 0 Å². The van der Waals surface area contributed by atoms with Gasteiger partial charge in [-0.2, -0.15) is 0 Å². The van der Waals surface area contributed by atoms with Gasteiger partial charge in [-0.15, -0.1) is 21.5 Å². The molecule has 5 heteroatoms. The van der Waals surface area contributed by atoms with Crippen LogP contribution in [-0.2, 0) is 6.54 Å². The highest BCUT2D eigenvalue weighted by Crippen LogP contribution is 2.24. The molecule has 1 N–H and O–H groups in total. The molecule has 0 amide bonds. The van der Waals surface area contributed by atoms with Crippen LogP contribution in [0.4, 0.5) is 0 Å². The van der Waals surface area contributed by atoms with Crippen molar-refractivity contribution in [3.05, 3.63) is 95.2 Å². The molecule has 2 aromatic carbocycles. The molecule has 2 aromatic heterocycles. The van der Waals surface area contributed by atoms with Gasteiger partial charge < -0.3 is 4.42 Å². The standard InChI is InChI=1S/C20H17N3OS/c1-3-8-15(9-4-1)19(16-10-5-2-6-11-16)21-14-18-22-23-20(24-18)17-12-7-13-25-17/h1-13,19,21H,14H2. The molecule has 4 aromatic rings. The topological polar surface area (TPSA) is 51.0 Å². The number of hydrogen-bond donors (Lipinski definition) is 1. The zero-order valence-corrected chi connectivity index (χ0v) is 14.3. The molecule has 4 rings (SSSR count). The van der Waals surface area contributed by atoms with E-state index in [0.29, 0.717) is 18.3 Å². The molecular weight excluding hydrogens is 330 g/mol. The Morgan fingerprint density at radius 1 is 0.840 bits per heavy atom. The zero-order valence-electron chi connectivity index (χ0n) is 13.5. The first-order valence-corrected chi connectivity index (χ1v) is 8.97. The van der Waals surface area contributed by atoms with Crippen LogP contribution in [0.15, 0.2) is 82.6 Å². The van der Waals surface area contributed by atoms with Crippen molar-refractivity contribution in [2.45, 2.75) is 12.6 Å². The minimum Gasteiger partial charge on any atom is -0.419 e. The van der Waals surface area contributed by atoms with Gasteiger partial charge in [-0.1, -0.05) is 66.7 Å². The molecule has 0 fully saturated rings. The van der Waals surface area contributed by atoms with E-state index in [2.05, 4.69) is 64.0 Å². The van der Waals surface area contributed by atoms with E-state index in [9.17, 15) is 0 Å². The number of aromatic nitrogens is 2. The van der Waals surface area contributed by atoms with Gasteiger partial charge in [-0.3, -0.25) is 5.32 Å². The van der Waals surface area contributed by atoms with Crippen LogP contribution < -0.4 is 5.32 Å². The summed E-state index contributed by atoms with van der Waals surface area (Å²) in [6.45, 7) is 0.507. The predicted octanol–water partition coefficient (Wildman–Crippen LogP) is 4.68. The smallest absolute Gasteiger partial charge is 0.257 e. The number of thiophene rings is 1. The Bertz CT molecular complexity index is 865. The summed E-state index contributed by atoms with van der Waals surface area (Å²) in [7, 11) is 0. The van der Waals surface area contributed by atoms with Gasteiger partial charge in [-0.05, 0) is 22.6 Å². The predicted molar refractivity (Wildman–Crippen MR) is 99.2 cm³/mol. The molecule has 0 saturated heterocycles. The normalized spacial score (nSPS) is 11.1. The van der Waals surface area contributed by atoms with E-state index < -0.39 is 0 Å². The highest BCUT2D eigenvalue weighted by Gasteiger charge is 2.15. The van der Waals surface area contributed by atoms with Crippen LogP contribution in [0.2, 0.25) is 0 Å². The van der Waals surface area contributed by atoms with Gasteiger partial charge in [0.1, 0.15) is 0 Å². The summed E-state index contributed by atoms with van der Waals surface area (Å²) in [5.41, 5.74) is 2.40. The minimum atomic E-state index is 0.0690. The average Bonchev–Trinajstić information content (AvgIpc) is 3.35. The van der Waals surface area contributed by atoms with E-state index in [1.165, 1.54) is 11.1 Å². The van der Waals surface area contributed by atoms with Crippen molar-refractivity contribution in [1.29, 1.82) is 0 Å². The number of rotatable bonds is 6. The maximum atomic E-state index is 5.78. The molecule has 0 atom stereocenters. The van der Waals surface area contributed by atoms with Crippen molar-refractivity contribution < 1.29 is 4.42 Å². The Labute approximate surface area is 150 Å². The summed E-state index contributed by atoms with van der Waals surface area (Å²) in [4.78, 5) is 0.987. The average molecular weight is 347 g/mol. The number of nitrogens with one attached hydrogen (secondary N) is 1. The fourth-order valence-electron chi connectivity index (χ4n) is 2.73. The van der Waals surface area contributed by atoms with E-state index in [1.54, 1.807) is 11.3 Å². The maximum absolute atomic E-state index is 5.78. The van der Waals surface area contributed by atoms with Gasteiger partial charge in [0.2, 0.25) is 5.89 Å². The molecule has 25 heavy (non-hydrogen) atoms. The van der Waals surface area contributed by atoms with Gasteiger partial charge in [-0.25, -0.2) is 0 Å². The lowest BCUT2D eigenvalue weighted by molar-refractivity contribution is 0.462. The van der Waals surface area contributed by atoms with Crippen LogP contribution in [0, 0.1) is 0 Å². The molecule has 4 nitrogen and oxygen atoms in total. The SMILES string of the molecule is c1ccc(C(NCc2nnc(-c3cccs3)o2)c2ccccc2)cc1. The van der Waals surface area contributed by atoms with Crippen LogP contribution >= 0.6 is 11.3 Å². The molecule has 124 valence electrons. The fraction of sp³-hybridized carbons (Fsp3) is 0.100. The molecule has 0 aliphatic heterocycles. The summed E-state index contributed by atoms with van der Waals surface area (Å²) in [5, 5.41) is 13.8. The first-order chi connectivity index (χ1) is 12.4. The summed E-state index contributed by atoms with van der Waals surface area (Å²) in [6.07, 6.45) is 0. The van der Waals surface area contributed by atoms with E-state index in [-0.39, 0.29) is 6.04 Å². The van der Waals surface area contributed by atoms with Gasteiger partial charge in [0, 0.05) is 0 Å². The van der Waals surface area contributed by atoms with E-state index in [0.717, 1.165) is 4.88 Å². The number of benzene rings is 2. The van der Waals surface area contributed by atoms with Crippen LogP contribution in [0.3, 0.4) is 0 Å². The van der Waals surface area contributed by atoms with Crippen molar-refractivity contribution in [3.8, 4) is 10.8 Å². The van der Waals surface area contributed by atoms with Gasteiger partial charge in [0.25, 0.3) is 5.89 Å². The largest absolute Gasteiger partial charge is 0.419 e. The Morgan fingerprint density at radius 2 is 1.52 bits per heavy atom. The monoisotopic (exact) mass is 347 g/mol. The van der Waals surface area contributed by atoms with Crippen molar-refractivity contribution in [3.63, 3.8) is 0 Å². The van der Waals surface area contributed by atoms with Crippen LogP contribution in [0.1, 0.15) is 23.1 Å². The minimum absolute atomic E-state index is 0.0690. The molecule has 0 spiro atoms. The Balaban J connectivity index is 1.54. The van der Waals surface area contributed by atoms with E-state index in [4.69, 9.17) is 4.42 Å². The van der Waals surface area contributed by atoms with Crippen LogP contribution in [0.5, 0.6) is 0 Å². The Kier molecular flexibility index (Phi) is 4.68. The quantitative estimate of drug-likeness (QED) is 0.550. The molecule has 0 unspecified atom stereocenters.